The third-order valence-corrected chi connectivity index (χ3v) is 4.02. The first kappa shape index (κ1) is 16.2. The lowest BCUT2D eigenvalue weighted by atomic mass is 9.93. The van der Waals surface area contributed by atoms with Crippen LogP contribution in [0.2, 0.25) is 0 Å². The number of hydrogen-bond acceptors (Lipinski definition) is 4. The van der Waals surface area contributed by atoms with E-state index in [2.05, 4.69) is 56.6 Å². The number of rotatable bonds is 6. The molecule has 0 unspecified atom stereocenters. The van der Waals surface area contributed by atoms with Crippen LogP contribution in [-0.4, -0.2) is 21.3 Å². The Hall–Kier alpha value is -1.20. The molecule has 1 N–H and O–H groups in total. The third kappa shape index (κ3) is 4.93. The Morgan fingerprint density at radius 1 is 1.33 bits per heavy atom. The maximum absolute atomic E-state index is 4.71. The molecule has 116 valence electrons. The molecular weight excluding hydrogens is 280 g/mol. The van der Waals surface area contributed by atoms with Crippen molar-refractivity contribution in [1.29, 1.82) is 0 Å². The summed E-state index contributed by atoms with van der Waals surface area (Å²) in [6.07, 6.45) is 4.04. The molecule has 5 heteroatoms. The minimum Gasteiger partial charge on any atom is -0.312 e. The largest absolute Gasteiger partial charge is 0.312 e. The molecule has 0 radical (unpaired) electrons. The standard InChI is InChI=1S/C16H26N4S/c1-12(2)6-17-7-13-8-18-20(9-13)10-15-19-14(11-21-15)16(3,4)5/h8-9,11-12,17H,6-7,10H2,1-5H3. The number of aromatic nitrogens is 3. The van der Waals surface area contributed by atoms with Crippen LogP contribution in [-0.2, 0) is 18.5 Å². The van der Waals surface area contributed by atoms with Gasteiger partial charge < -0.3 is 5.32 Å². The van der Waals surface area contributed by atoms with E-state index in [1.807, 2.05) is 10.9 Å². The van der Waals surface area contributed by atoms with E-state index in [-0.39, 0.29) is 5.41 Å². The highest BCUT2D eigenvalue weighted by atomic mass is 32.1. The Morgan fingerprint density at radius 3 is 2.71 bits per heavy atom. The first-order valence-corrected chi connectivity index (χ1v) is 8.39. The summed E-state index contributed by atoms with van der Waals surface area (Å²) in [6.45, 7) is 13.7. The predicted molar refractivity (Wildman–Crippen MR) is 88.7 cm³/mol. The van der Waals surface area contributed by atoms with E-state index in [0.29, 0.717) is 5.92 Å². The van der Waals surface area contributed by atoms with Crippen LogP contribution < -0.4 is 5.32 Å². The summed E-state index contributed by atoms with van der Waals surface area (Å²) < 4.78 is 1.97. The monoisotopic (exact) mass is 306 g/mol. The lowest BCUT2D eigenvalue weighted by Crippen LogP contribution is -2.18. The van der Waals surface area contributed by atoms with Gasteiger partial charge in [0.1, 0.15) is 5.01 Å². The van der Waals surface area contributed by atoms with Gasteiger partial charge in [0.05, 0.1) is 18.4 Å². The van der Waals surface area contributed by atoms with Crippen molar-refractivity contribution in [2.45, 2.75) is 53.1 Å². The Morgan fingerprint density at radius 2 is 2.10 bits per heavy atom. The highest BCUT2D eigenvalue weighted by Crippen LogP contribution is 2.24. The molecule has 0 bridgehead atoms. The molecule has 0 saturated carbocycles. The topological polar surface area (TPSA) is 42.7 Å². The molecule has 0 fully saturated rings. The van der Waals surface area contributed by atoms with Gasteiger partial charge in [0.15, 0.2) is 0 Å². The molecule has 0 aromatic carbocycles. The lowest BCUT2D eigenvalue weighted by Gasteiger charge is -2.14. The van der Waals surface area contributed by atoms with Crippen LogP contribution in [0, 0.1) is 5.92 Å². The molecule has 2 rings (SSSR count). The quantitative estimate of drug-likeness (QED) is 0.889. The molecule has 0 aliphatic heterocycles. The molecule has 0 aliphatic rings. The molecule has 4 nitrogen and oxygen atoms in total. The zero-order valence-corrected chi connectivity index (χ0v) is 14.5. The smallest absolute Gasteiger partial charge is 0.114 e. The maximum atomic E-state index is 4.71. The van der Waals surface area contributed by atoms with Crippen molar-refractivity contribution in [3.05, 3.63) is 34.0 Å². The van der Waals surface area contributed by atoms with E-state index in [1.165, 1.54) is 5.56 Å². The van der Waals surface area contributed by atoms with Crippen LogP contribution >= 0.6 is 11.3 Å². The van der Waals surface area contributed by atoms with E-state index < -0.39 is 0 Å². The molecule has 21 heavy (non-hydrogen) atoms. The van der Waals surface area contributed by atoms with E-state index in [1.54, 1.807) is 11.3 Å². The molecule has 2 aromatic heterocycles. The summed E-state index contributed by atoms with van der Waals surface area (Å²) in [5, 5.41) is 11.1. The minimum atomic E-state index is 0.116. The minimum absolute atomic E-state index is 0.116. The zero-order chi connectivity index (χ0) is 15.5. The normalized spacial score (nSPS) is 12.3. The second-order valence-electron chi connectivity index (χ2n) is 6.95. The van der Waals surface area contributed by atoms with E-state index >= 15 is 0 Å². The highest BCUT2D eigenvalue weighted by molar-refractivity contribution is 7.09. The van der Waals surface area contributed by atoms with Gasteiger partial charge in [0.2, 0.25) is 0 Å². The van der Waals surface area contributed by atoms with Crippen molar-refractivity contribution < 1.29 is 0 Å². The summed E-state index contributed by atoms with van der Waals surface area (Å²) in [5.41, 5.74) is 2.50. The van der Waals surface area contributed by atoms with Crippen LogP contribution in [0.1, 0.15) is 50.9 Å². The Bertz CT molecular complexity index is 563. The molecule has 0 saturated heterocycles. The Kier molecular flexibility index (Phi) is 5.17. The highest BCUT2D eigenvalue weighted by Gasteiger charge is 2.17. The molecule has 0 amide bonds. The van der Waals surface area contributed by atoms with Crippen LogP contribution in [0.15, 0.2) is 17.8 Å². The van der Waals surface area contributed by atoms with E-state index in [0.717, 1.165) is 30.3 Å². The summed E-state index contributed by atoms with van der Waals surface area (Å²) in [4.78, 5) is 4.71. The van der Waals surface area contributed by atoms with Gasteiger partial charge >= 0.3 is 0 Å². The summed E-state index contributed by atoms with van der Waals surface area (Å²) in [5.74, 6) is 0.672. The van der Waals surface area contributed by atoms with Gasteiger partial charge in [-0.25, -0.2) is 4.98 Å². The Labute approximate surface area is 131 Å². The molecular formula is C16H26N4S. The van der Waals surface area contributed by atoms with Crippen molar-refractivity contribution in [2.24, 2.45) is 5.92 Å². The van der Waals surface area contributed by atoms with Crippen molar-refractivity contribution >= 4 is 11.3 Å². The fraction of sp³-hybridized carbons (Fsp3) is 0.625. The Balaban J connectivity index is 1.91. The molecule has 2 aromatic rings. The van der Waals surface area contributed by atoms with Crippen LogP contribution in [0.25, 0.3) is 0 Å². The van der Waals surface area contributed by atoms with E-state index in [4.69, 9.17) is 4.98 Å². The number of hydrogen-bond donors (Lipinski definition) is 1. The fourth-order valence-corrected chi connectivity index (χ4v) is 2.97. The number of nitrogens with one attached hydrogen (secondary N) is 1. The van der Waals surface area contributed by atoms with Gasteiger partial charge in [-0.1, -0.05) is 34.6 Å². The van der Waals surface area contributed by atoms with Gasteiger partial charge in [-0.05, 0) is 12.5 Å². The van der Waals surface area contributed by atoms with Gasteiger partial charge in [-0.15, -0.1) is 11.3 Å². The van der Waals surface area contributed by atoms with Crippen molar-refractivity contribution in [3.8, 4) is 0 Å². The summed E-state index contributed by atoms with van der Waals surface area (Å²) in [7, 11) is 0. The zero-order valence-electron chi connectivity index (χ0n) is 13.7. The third-order valence-electron chi connectivity index (χ3n) is 3.19. The van der Waals surface area contributed by atoms with Crippen LogP contribution in [0.4, 0.5) is 0 Å². The van der Waals surface area contributed by atoms with Crippen molar-refractivity contribution in [1.82, 2.24) is 20.1 Å². The maximum Gasteiger partial charge on any atom is 0.114 e. The number of thiazole rings is 1. The first-order chi connectivity index (χ1) is 9.84. The fourth-order valence-electron chi connectivity index (χ4n) is 1.96. The molecule has 2 heterocycles. The average molecular weight is 306 g/mol. The molecule has 0 spiro atoms. The first-order valence-electron chi connectivity index (χ1n) is 7.51. The summed E-state index contributed by atoms with van der Waals surface area (Å²) >= 11 is 1.71. The predicted octanol–water partition coefficient (Wildman–Crippen LogP) is 3.43. The molecule has 0 aliphatic carbocycles. The second kappa shape index (κ2) is 6.71. The number of nitrogens with zero attached hydrogens (tertiary/aromatic N) is 3. The lowest BCUT2D eigenvalue weighted by molar-refractivity contribution is 0.552. The average Bonchev–Trinajstić information content (AvgIpc) is 2.98. The van der Waals surface area contributed by atoms with Crippen LogP contribution in [0.5, 0.6) is 0 Å². The van der Waals surface area contributed by atoms with Gasteiger partial charge in [-0.3, -0.25) is 4.68 Å². The van der Waals surface area contributed by atoms with Crippen molar-refractivity contribution in [2.75, 3.05) is 6.54 Å². The molecule has 0 atom stereocenters. The van der Waals surface area contributed by atoms with Crippen LogP contribution in [0.3, 0.4) is 0 Å². The van der Waals surface area contributed by atoms with Crippen molar-refractivity contribution in [3.63, 3.8) is 0 Å². The van der Waals surface area contributed by atoms with Gasteiger partial charge in [0, 0.05) is 29.1 Å². The van der Waals surface area contributed by atoms with E-state index in [9.17, 15) is 0 Å². The van der Waals surface area contributed by atoms with Gasteiger partial charge in [-0.2, -0.15) is 5.10 Å². The SMILES string of the molecule is CC(C)CNCc1cnn(Cc2nc(C(C)(C)C)cs2)c1. The second-order valence-corrected chi connectivity index (χ2v) is 7.89. The van der Waals surface area contributed by atoms with Gasteiger partial charge in [0.25, 0.3) is 0 Å². The summed E-state index contributed by atoms with van der Waals surface area (Å²) in [6, 6.07) is 0.